The summed E-state index contributed by atoms with van der Waals surface area (Å²) in [5.74, 6) is -1.32. The second-order valence-corrected chi connectivity index (χ2v) is 7.01. The lowest BCUT2D eigenvalue weighted by Crippen LogP contribution is -2.51. The highest BCUT2D eigenvalue weighted by atomic mass is 16.2. The number of Topliss-reactive ketones (excluding diaryl/α,β-unsaturated/α-hetero) is 3. The van der Waals surface area contributed by atoms with Crippen LogP contribution in [-0.2, 0) is 24.0 Å². The van der Waals surface area contributed by atoms with Gasteiger partial charge in [0.1, 0.15) is 23.4 Å². The van der Waals surface area contributed by atoms with Gasteiger partial charge >= 0.3 is 0 Å². The van der Waals surface area contributed by atoms with E-state index in [1.165, 1.54) is 20.8 Å². The first-order valence-corrected chi connectivity index (χ1v) is 9.15. The molecule has 0 aromatic carbocycles. The monoisotopic (exact) mass is 368 g/mol. The summed E-state index contributed by atoms with van der Waals surface area (Å²) in [7, 11) is 0. The smallest absolute Gasteiger partial charge is 0.242 e. The van der Waals surface area contributed by atoms with Crippen LogP contribution in [0.25, 0.3) is 0 Å². The lowest BCUT2D eigenvalue weighted by Gasteiger charge is -2.23. The molecule has 26 heavy (non-hydrogen) atoms. The van der Waals surface area contributed by atoms with Crippen molar-refractivity contribution < 1.29 is 24.0 Å². The first-order valence-electron chi connectivity index (χ1n) is 9.15. The van der Waals surface area contributed by atoms with Crippen LogP contribution >= 0.6 is 0 Å². The van der Waals surface area contributed by atoms with E-state index in [2.05, 4.69) is 10.6 Å². The SMILES string of the molecule is CCCC(C)C(=O)NC(CCC(C)=O)C(=O)NC(CC(C)=O)CC(C)=O. The van der Waals surface area contributed by atoms with Crippen LogP contribution in [0.3, 0.4) is 0 Å². The van der Waals surface area contributed by atoms with E-state index < -0.39 is 18.0 Å². The van der Waals surface area contributed by atoms with Crippen LogP contribution in [0.1, 0.15) is 73.1 Å². The summed E-state index contributed by atoms with van der Waals surface area (Å²) < 4.78 is 0. The largest absolute Gasteiger partial charge is 0.351 e. The van der Waals surface area contributed by atoms with Gasteiger partial charge in [0.2, 0.25) is 11.8 Å². The van der Waals surface area contributed by atoms with Crippen LogP contribution in [0.4, 0.5) is 0 Å². The number of hydrogen-bond donors (Lipinski definition) is 2. The highest BCUT2D eigenvalue weighted by molar-refractivity contribution is 5.90. The predicted octanol–water partition coefficient (Wildman–Crippen LogP) is 1.72. The van der Waals surface area contributed by atoms with Crippen molar-refractivity contribution in [1.82, 2.24) is 10.6 Å². The third kappa shape index (κ3) is 10.7. The molecule has 2 atom stereocenters. The third-order valence-electron chi connectivity index (χ3n) is 4.00. The van der Waals surface area contributed by atoms with Crippen molar-refractivity contribution in [1.29, 1.82) is 0 Å². The summed E-state index contributed by atoms with van der Waals surface area (Å²) in [6.45, 7) is 7.96. The number of rotatable bonds is 13. The topological polar surface area (TPSA) is 109 Å². The molecule has 0 aliphatic carbocycles. The van der Waals surface area contributed by atoms with Crippen molar-refractivity contribution in [2.75, 3.05) is 0 Å². The van der Waals surface area contributed by atoms with Gasteiger partial charge in [-0.1, -0.05) is 20.3 Å². The lowest BCUT2D eigenvalue weighted by atomic mass is 10.0. The predicted molar refractivity (Wildman–Crippen MR) is 98.4 cm³/mol. The van der Waals surface area contributed by atoms with Gasteiger partial charge < -0.3 is 15.4 Å². The van der Waals surface area contributed by atoms with Crippen molar-refractivity contribution in [2.45, 2.75) is 85.2 Å². The van der Waals surface area contributed by atoms with Gasteiger partial charge in [-0.3, -0.25) is 19.2 Å². The number of nitrogens with one attached hydrogen (secondary N) is 2. The van der Waals surface area contributed by atoms with Gasteiger partial charge in [-0.15, -0.1) is 0 Å². The summed E-state index contributed by atoms with van der Waals surface area (Å²) >= 11 is 0. The summed E-state index contributed by atoms with van der Waals surface area (Å²) in [5, 5.41) is 5.37. The van der Waals surface area contributed by atoms with E-state index in [-0.39, 0.29) is 54.9 Å². The molecule has 148 valence electrons. The van der Waals surface area contributed by atoms with Crippen molar-refractivity contribution in [3.05, 3.63) is 0 Å². The maximum atomic E-state index is 12.6. The molecule has 0 heterocycles. The molecule has 0 saturated heterocycles. The van der Waals surface area contributed by atoms with Crippen molar-refractivity contribution in [2.24, 2.45) is 5.92 Å². The molecule has 0 radical (unpaired) electrons. The Morgan fingerprint density at radius 2 is 1.31 bits per heavy atom. The standard InChI is InChI=1S/C19H32N2O5/c1-6-7-12(2)18(25)21-17(9-8-13(3)22)19(26)20-16(10-14(4)23)11-15(5)24/h12,16-17H,6-11H2,1-5H3,(H,20,26)(H,21,25). The van der Waals surface area contributed by atoms with Gasteiger partial charge in [-0.05, 0) is 33.6 Å². The van der Waals surface area contributed by atoms with E-state index in [0.29, 0.717) is 6.42 Å². The molecular formula is C19H32N2O5. The number of carbonyl (C=O) groups is 5. The van der Waals surface area contributed by atoms with E-state index in [0.717, 1.165) is 6.42 Å². The summed E-state index contributed by atoms with van der Waals surface area (Å²) in [5.41, 5.74) is 0. The highest BCUT2D eigenvalue weighted by Gasteiger charge is 2.26. The number of carbonyl (C=O) groups excluding carboxylic acids is 5. The zero-order valence-corrected chi connectivity index (χ0v) is 16.5. The summed E-state index contributed by atoms with van der Waals surface area (Å²) in [4.78, 5) is 58.8. The molecular weight excluding hydrogens is 336 g/mol. The average Bonchev–Trinajstić information content (AvgIpc) is 2.49. The van der Waals surface area contributed by atoms with Gasteiger partial charge in [0.25, 0.3) is 0 Å². The van der Waals surface area contributed by atoms with Crippen LogP contribution in [0, 0.1) is 5.92 Å². The third-order valence-corrected chi connectivity index (χ3v) is 4.00. The summed E-state index contributed by atoms with van der Waals surface area (Å²) in [6, 6.07) is -1.48. The first kappa shape index (κ1) is 23.9. The molecule has 0 bridgehead atoms. The van der Waals surface area contributed by atoms with Gasteiger partial charge in [0.05, 0.1) is 0 Å². The van der Waals surface area contributed by atoms with Crippen LogP contribution in [0.5, 0.6) is 0 Å². The average molecular weight is 368 g/mol. The van der Waals surface area contributed by atoms with Crippen LogP contribution < -0.4 is 10.6 Å². The van der Waals surface area contributed by atoms with Gasteiger partial charge in [0, 0.05) is 31.2 Å². The molecule has 0 aliphatic rings. The molecule has 0 rings (SSSR count). The van der Waals surface area contributed by atoms with E-state index in [1.54, 1.807) is 6.92 Å². The lowest BCUT2D eigenvalue weighted by molar-refractivity contribution is -0.132. The Morgan fingerprint density at radius 3 is 1.73 bits per heavy atom. The molecule has 0 saturated carbocycles. The van der Waals surface area contributed by atoms with E-state index in [9.17, 15) is 24.0 Å². The molecule has 2 unspecified atom stereocenters. The van der Waals surface area contributed by atoms with Gasteiger partial charge in [-0.25, -0.2) is 0 Å². The highest BCUT2D eigenvalue weighted by Crippen LogP contribution is 2.08. The summed E-state index contributed by atoms with van der Waals surface area (Å²) in [6.07, 6.45) is 1.97. The second kappa shape index (κ2) is 12.3. The van der Waals surface area contributed by atoms with Crippen LogP contribution in [0.15, 0.2) is 0 Å². The Kier molecular flexibility index (Phi) is 11.4. The zero-order valence-electron chi connectivity index (χ0n) is 16.5. The second-order valence-electron chi connectivity index (χ2n) is 7.01. The molecule has 0 aliphatic heterocycles. The maximum Gasteiger partial charge on any atom is 0.242 e. The van der Waals surface area contributed by atoms with E-state index in [4.69, 9.17) is 0 Å². The minimum Gasteiger partial charge on any atom is -0.351 e. The Labute approximate surface area is 155 Å². The fourth-order valence-corrected chi connectivity index (χ4v) is 2.66. The minimum absolute atomic E-state index is 0.0466. The Morgan fingerprint density at radius 1 is 0.769 bits per heavy atom. The van der Waals surface area contributed by atoms with E-state index >= 15 is 0 Å². The molecule has 2 N–H and O–H groups in total. The number of amides is 2. The van der Waals surface area contributed by atoms with Gasteiger partial charge in [0.15, 0.2) is 0 Å². The van der Waals surface area contributed by atoms with Crippen molar-refractivity contribution >= 4 is 29.2 Å². The molecule has 0 fully saturated rings. The van der Waals surface area contributed by atoms with Gasteiger partial charge in [-0.2, -0.15) is 0 Å². The van der Waals surface area contributed by atoms with Crippen molar-refractivity contribution in [3.8, 4) is 0 Å². The van der Waals surface area contributed by atoms with Crippen LogP contribution in [-0.4, -0.2) is 41.2 Å². The Bertz CT molecular complexity index is 514. The molecule has 7 nitrogen and oxygen atoms in total. The quantitative estimate of drug-likeness (QED) is 0.514. The van der Waals surface area contributed by atoms with Crippen molar-refractivity contribution in [3.63, 3.8) is 0 Å². The minimum atomic E-state index is -0.868. The maximum absolute atomic E-state index is 12.6. The molecule has 0 aromatic rings. The Hall–Kier alpha value is -2.05. The first-order chi connectivity index (χ1) is 12.1. The normalized spacial score (nSPS) is 13.0. The fourth-order valence-electron chi connectivity index (χ4n) is 2.66. The fraction of sp³-hybridized carbons (Fsp3) is 0.737. The molecule has 0 aromatic heterocycles. The van der Waals surface area contributed by atoms with Crippen LogP contribution in [0.2, 0.25) is 0 Å². The zero-order chi connectivity index (χ0) is 20.3. The Balaban J connectivity index is 5.09. The molecule has 0 spiro atoms. The number of ketones is 3. The van der Waals surface area contributed by atoms with E-state index in [1.807, 2.05) is 6.92 Å². The number of hydrogen-bond acceptors (Lipinski definition) is 5. The molecule has 2 amide bonds. The molecule has 7 heteroatoms.